The number of hydrogen-bond donors (Lipinski definition) is 0. The van der Waals surface area contributed by atoms with Gasteiger partial charge in [-0.2, -0.15) is 0 Å². The standard InChI is InChI=1S/C11H16O3/c12-10(8-9-4-3-7-13-9)11-5-1-2-6-14-11/h5,9H,1-4,6-8H2. The first kappa shape index (κ1) is 9.71. The minimum absolute atomic E-state index is 0.108. The van der Waals surface area contributed by atoms with Crippen molar-refractivity contribution in [3.05, 3.63) is 11.8 Å². The molecule has 3 heteroatoms. The maximum Gasteiger partial charge on any atom is 0.199 e. The maximum atomic E-state index is 11.7. The summed E-state index contributed by atoms with van der Waals surface area (Å²) in [5.74, 6) is 0.670. The van der Waals surface area contributed by atoms with Gasteiger partial charge in [0.05, 0.1) is 12.7 Å². The van der Waals surface area contributed by atoms with Crippen LogP contribution in [0.3, 0.4) is 0 Å². The van der Waals surface area contributed by atoms with Gasteiger partial charge < -0.3 is 9.47 Å². The molecule has 0 bridgehead atoms. The lowest BCUT2D eigenvalue weighted by atomic mass is 10.1. The fourth-order valence-corrected chi connectivity index (χ4v) is 1.86. The minimum Gasteiger partial charge on any atom is -0.490 e. The summed E-state index contributed by atoms with van der Waals surface area (Å²) in [5, 5.41) is 0. The Morgan fingerprint density at radius 1 is 1.43 bits per heavy atom. The molecule has 0 spiro atoms. The fraction of sp³-hybridized carbons (Fsp3) is 0.727. The summed E-state index contributed by atoms with van der Waals surface area (Å²) in [6.45, 7) is 1.49. The molecule has 0 aromatic carbocycles. The van der Waals surface area contributed by atoms with Crippen molar-refractivity contribution >= 4 is 5.78 Å². The van der Waals surface area contributed by atoms with Gasteiger partial charge in [-0.3, -0.25) is 4.79 Å². The molecule has 2 rings (SSSR count). The summed E-state index contributed by atoms with van der Waals surface area (Å²) in [5.41, 5.74) is 0. The van der Waals surface area contributed by atoms with Crippen molar-refractivity contribution in [3.8, 4) is 0 Å². The van der Waals surface area contributed by atoms with E-state index < -0.39 is 0 Å². The quantitative estimate of drug-likeness (QED) is 0.690. The third-order valence-corrected chi connectivity index (χ3v) is 2.65. The van der Waals surface area contributed by atoms with Gasteiger partial charge in [0.25, 0.3) is 0 Å². The first-order valence-corrected chi connectivity index (χ1v) is 5.34. The van der Waals surface area contributed by atoms with Gasteiger partial charge in [0.15, 0.2) is 11.5 Å². The Balaban J connectivity index is 1.84. The van der Waals surface area contributed by atoms with Crippen molar-refractivity contribution in [2.45, 2.75) is 38.2 Å². The van der Waals surface area contributed by atoms with Crippen molar-refractivity contribution < 1.29 is 14.3 Å². The number of carbonyl (C=O) groups is 1. The first-order valence-electron chi connectivity index (χ1n) is 5.34. The molecule has 78 valence electrons. The normalized spacial score (nSPS) is 26.9. The zero-order valence-electron chi connectivity index (χ0n) is 8.33. The molecule has 1 saturated heterocycles. The predicted molar refractivity (Wildman–Crippen MR) is 51.9 cm³/mol. The molecule has 0 aliphatic carbocycles. The van der Waals surface area contributed by atoms with Gasteiger partial charge >= 0.3 is 0 Å². The van der Waals surface area contributed by atoms with E-state index in [4.69, 9.17) is 9.47 Å². The van der Waals surface area contributed by atoms with E-state index in [1.165, 1.54) is 0 Å². The van der Waals surface area contributed by atoms with Gasteiger partial charge in [-0.25, -0.2) is 0 Å². The van der Waals surface area contributed by atoms with Crippen LogP contribution in [0.1, 0.15) is 32.1 Å². The van der Waals surface area contributed by atoms with Crippen molar-refractivity contribution in [1.29, 1.82) is 0 Å². The number of carbonyl (C=O) groups excluding carboxylic acids is 1. The largest absolute Gasteiger partial charge is 0.490 e. The van der Waals surface area contributed by atoms with E-state index in [0.717, 1.165) is 32.3 Å². The Labute approximate surface area is 84.1 Å². The third kappa shape index (κ3) is 2.35. The molecule has 14 heavy (non-hydrogen) atoms. The zero-order valence-corrected chi connectivity index (χ0v) is 8.33. The number of hydrogen-bond acceptors (Lipinski definition) is 3. The van der Waals surface area contributed by atoms with E-state index in [0.29, 0.717) is 18.8 Å². The summed E-state index contributed by atoms with van der Waals surface area (Å²) in [6.07, 6.45) is 6.61. The van der Waals surface area contributed by atoms with E-state index in [1.807, 2.05) is 6.08 Å². The summed E-state index contributed by atoms with van der Waals surface area (Å²) >= 11 is 0. The number of ketones is 1. The highest BCUT2D eigenvalue weighted by Gasteiger charge is 2.22. The second-order valence-corrected chi connectivity index (χ2v) is 3.82. The number of rotatable bonds is 3. The molecule has 1 fully saturated rings. The van der Waals surface area contributed by atoms with Gasteiger partial charge in [-0.15, -0.1) is 0 Å². The Morgan fingerprint density at radius 2 is 2.36 bits per heavy atom. The maximum absolute atomic E-state index is 11.7. The van der Waals surface area contributed by atoms with Gasteiger partial charge in [-0.1, -0.05) is 0 Å². The first-order chi connectivity index (χ1) is 6.86. The molecule has 0 radical (unpaired) electrons. The molecular formula is C11H16O3. The second-order valence-electron chi connectivity index (χ2n) is 3.82. The highest BCUT2D eigenvalue weighted by molar-refractivity contribution is 5.93. The summed E-state index contributed by atoms with van der Waals surface area (Å²) in [7, 11) is 0. The highest BCUT2D eigenvalue weighted by Crippen LogP contribution is 2.19. The van der Waals surface area contributed by atoms with Gasteiger partial charge in [0.2, 0.25) is 0 Å². The monoisotopic (exact) mass is 196 g/mol. The summed E-state index contributed by atoms with van der Waals surface area (Å²) < 4.78 is 10.7. The lowest BCUT2D eigenvalue weighted by Crippen LogP contribution is -2.17. The SMILES string of the molecule is O=C(CC1CCCO1)C1=CCCCO1. The summed E-state index contributed by atoms with van der Waals surface area (Å²) in [6, 6.07) is 0. The van der Waals surface area contributed by atoms with E-state index >= 15 is 0 Å². The van der Waals surface area contributed by atoms with Crippen LogP contribution in [0.5, 0.6) is 0 Å². The van der Waals surface area contributed by atoms with Crippen LogP contribution in [0, 0.1) is 0 Å². The molecule has 2 aliphatic rings. The average molecular weight is 196 g/mol. The third-order valence-electron chi connectivity index (χ3n) is 2.65. The van der Waals surface area contributed by atoms with Crippen molar-refractivity contribution in [2.24, 2.45) is 0 Å². The number of Topliss-reactive ketones (excluding diaryl/α,β-unsaturated/α-hetero) is 1. The molecule has 0 N–H and O–H groups in total. The lowest BCUT2D eigenvalue weighted by molar-refractivity contribution is -0.121. The van der Waals surface area contributed by atoms with Crippen LogP contribution in [0.2, 0.25) is 0 Å². The average Bonchev–Trinajstić information content (AvgIpc) is 2.72. The van der Waals surface area contributed by atoms with Crippen LogP contribution in [0.4, 0.5) is 0 Å². The van der Waals surface area contributed by atoms with Crippen LogP contribution in [0.25, 0.3) is 0 Å². The molecule has 2 aliphatic heterocycles. The lowest BCUT2D eigenvalue weighted by Gasteiger charge is -2.15. The van der Waals surface area contributed by atoms with Crippen LogP contribution < -0.4 is 0 Å². The highest BCUT2D eigenvalue weighted by atomic mass is 16.5. The Kier molecular flexibility index (Phi) is 3.19. The molecule has 3 nitrogen and oxygen atoms in total. The molecule has 1 atom stereocenters. The Hall–Kier alpha value is -0.830. The van der Waals surface area contributed by atoms with E-state index in [1.54, 1.807) is 0 Å². The molecular weight excluding hydrogens is 180 g/mol. The topological polar surface area (TPSA) is 35.5 Å². The minimum atomic E-state index is 0.108. The molecule has 0 aromatic heterocycles. The number of allylic oxidation sites excluding steroid dienone is 2. The molecule has 0 amide bonds. The van der Waals surface area contributed by atoms with E-state index in [9.17, 15) is 4.79 Å². The van der Waals surface area contributed by atoms with Crippen molar-refractivity contribution in [1.82, 2.24) is 0 Å². The smallest absolute Gasteiger partial charge is 0.199 e. The molecule has 0 saturated carbocycles. The second kappa shape index (κ2) is 4.60. The Morgan fingerprint density at radius 3 is 3.00 bits per heavy atom. The van der Waals surface area contributed by atoms with Crippen molar-refractivity contribution in [2.75, 3.05) is 13.2 Å². The van der Waals surface area contributed by atoms with Crippen molar-refractivity contribution in [3.63, 3.8) is 0 Å². The summed E-state index contributed by atoms with van der Waals surface area (Å²) in [4.78, 5) is 11.7. The van der Waals surface area contributed by atoms with E-state index in [-0.39, 0.29) is 11.9 Å². The van der Waals surface area contributed by atoms with Gasteiger partial charge in [-0.05, 0) is 31.8 Å². The van der Waals surface area contributed by atoms with Crippen LogP contribution >= 0.6 is 0 Å². The molecule has 0 aromatic rings. The van der Waals surface area contributed by atoms with Crippen LogP contribution in [0.15, 0.2) is 11.8 Å². The number of ether oxygens (including phenoxy) is 2. The van der Waals surface area contributed by atoms with Gasteiger partial charge in [0, 0.05) is 13.0 Å². The van der Waals surface area contributed by atoms with Crippen LogP contribution in [-0.4, -0.2) is 25.1 Å². The Bertz CT molecular complexity index is 239. The van der Waals surface area contributed by atoms with Gasteiger partial charge in [0.1, 0.15) is 0 Å². The molecule has 1 unspecified atom stereocenters. The molecule has 2 heterocycles. The van der Waals surface area contributed by atoms with E-state index in [2.05, 4.69) is 0 Å². The van der Waals surface area contributed by atoms with Crippen LogP contribution in [-0.2, 0) is 14.3 Å². The fourth-order valence-electron chi connectivity index (χ4n) is 1.86. The zero-order chi connectivity index (χ0) is 9.80. The predicted octanol–water partition coefficient (Wildman–Crippen LogP) is 1.82.